The average molecular weight is 268 g/mol. The standard InChI is InChI=1S/C13H8ClF2NO/c14-10-2-1-3-11(12(10)16)17-13(18)8-4-6-9(15)7-5-8/h1-7H,(H,17,18). The monoisotopic (exact) mass is 267 g/mol. The van der Waals surface area contributed by atoms with E-state index >= 15 is 0 Å². The maximum absolute atomic E-state index is 13.5. The Morgan fingerprint density at radius 1 is 1.06 bits per heavy atom. The highest BCUT2D eigenvalue weighted by atomic mass is 35.5. The number of amides is 1. The molecule has 2 aromatic carbocycles. The fraction of sp³-hybridized carbons (Fsp3) is 0. The molecule has 0 aliphatic carbocycles. The molecule has 1 N–H and O–H groups in total. The van der Waals surface area contributed by atoms with Crippen molar-refractivity contribution in [3.05, 3.63) is 64.7 Å². The van der Waals surface area contributed by atoms with E-state index in [9.17, 15) is 13.6 Å². The van der Waals surface area contributed by atoms with Crippen molar-refractivity contribution in [3.8, 4) is 0 Å². The zero-order valence-electron chi connectivity index (χ0n) is 9.08. The summed E-state index contributed by atoms with van der Waals surface area (Å²) in [6, 6.07) is 9.23. The van der Waals surface area contributed by atoms with Crippen molar-refractivity contribution >= 4 is 23.2 Å². The van der Waals surface area contributed by atoms with Gasteiger partial charge in [-0.05, 0) is 36.4 Å². The molecule has 0 saturated carbocycles. The van der Waals surface area contributed by atoms with Gasteiger partial charge in [0.15, 0.2) is 5.82 Å². The van der Waals surface area contributed by atoms with Gasteiger partial charge in [-0.2, -0.15) is 0 Å². The van der Waals surface area contributed by atoms with E-state index in [1.54, 1.807) is 0 Å². The first kappa shape index (κ1) is 12.5. The molecule has 0 saturated heterocycles. The molecule has 0 atom stereocenters. The highest BCUT2D eigenvalue weighted by Crippen LogP contribution is 2.22. The molecule has 5 heteroatoms. The fourth-order valence-electron chi connectivity index (χ4n) is 1.40. The number of halogens is 3. The van der Waals surface area contributed by atoms with Crippen LogP contribution in [0.4, 0.5) is 14.5 Å². The van der Waals surface area contributed by atoms with Gasteiger partial charge in [0.05, 0.1) is 10.7 Å². The van der Waals surface area contributed by atoms with Gasteiger partial charge in [0.2, 0.25) is 0 Å². The topological polar surface area (TPSA) is 29.1 Å². The lowest BCUT2D eigenvalue weighted by molar-refractivity contribution is 0.102. The van der Waals surface area contributed by atoms with Crippen LogP contribution < -0.4 is 5.32 Å². The van der Waals surface area contributed by atoms with Gasteiger partial charge < -0.3 is 5.32 Å². The minimum absolute atomic E-state index is 0.0168. The van der Waals surface area contributed by atoms with E-state index in [-0.39, 0.29) is 16.3 Å². The number of hydrogen-bond donors (Lipinski definition) is 1. The Balaban J connectivity index is 2.21. The second kappa shape index (κ2) is 5.14. The Morgan fingerprint density at radius 2 is 1.72 bits per heavy atom. The molecular formula is C13H8ClF2NO. The van der Waals surface area contributed by atoms with Crippen molar-refractivity contribution < 1.29 is 13.6 Å². The van der Waals surface area contributed by atoms with Crippen molar-refractivity contribution in [2.45, 2.75) is 0 Å². The van der Waals surface area contributed by atoms with E-state index in [2.05, 4.69) is 5.32 Å². The molecule has 0 fully saturated rings. The highest BCUT2D eigenvalue weighted by molar-refractivity contribution is 6.31. The van der Waals surface area contributed by atoms with Crippen LogP contribution in [-0.4, -0.2) is 5.91 Å². The summed E-state index contributed by atoms with van der Waals surface area (Å²) >= 11 is 5.59. The van der Waals surface area contributed by atoms with Crippen LogP contribution in [0.5, 0.6) is 0 Å². The molecular weight excluding hydrogens is 260 g/mol. The number of carbonyl (C=O) groups excluding carboxylic acids is 1. The molecule has 0 aliphatic heterocycles. The number of anilines is 1. The second-order valence-electron chi connectivity index (χ2n) is 3.56. The fourth-order valence-corrected chi connectivity index (χ4v) is 1.57. The molecule has 0 aliphatic rings. The first-order valence-electron chi connectivity index (χ1n) is 5.09. The number of rotatable bonds is 2. The first-order chi connectivity index (χ1) is 8.58. The zero-order chi connectivity index (χ0) is 13.1. The summed E-state index contributed by atoms with van der Waals surface area (Å²) in [4.78, 5) is 11.7. The predicted molar refractivity (Wildman–Crippen MR) is 65.8 cm³/mol. The van der Waals surface area contributed by atoms with Crippen LogP contribution in [0.3, 0.4) is 0 Å². The van der Waals surface area contributed by atoms with Gasteiger partial charge in [0.1, 0.15) is 5.82 Å². The van der Waals surface area contributed by atoms with Crippen LogP contribution in [0.2, 0.25) is 5.02 Å². The summed E-state index contributed by atoms with van der Waals surface area (Å²) in [5, 5.41) is 2.29. The lowest BCUT2D eigenvalue weighted by atomic mass is 10.2. The minimum Gasteiger partial charge on any atom is -0.319 e. The Labute approximate surface area is 107 Å². The lowest BCUT2D eigenvalue weighted by Crippen LogP contribution is -2.13. The lowest BCUT2D eigenvalue weighted by Gasteiger charge is -2.07. The van der Waals surface area contributed by atoms with E-state index in [1.165, 1.54) is 30.3 Å². The molecule has 18 heavy (non-hydrogen) atoms. The number of benzene rings is 2. The van der Waals surface area contributed by atoms with E-state index in [1.807, 2.05) is 0 Å². The maximum atomic E-state index is 13.5. The van der Waals surface area contributed by atoms with E-state index < -0.39 is 17.5 Å². The van der Waals surface area contributed by atoms with Gasteiger partial charge in [-0.3, -0.25) is 4.79 Å². The summed E-state index contributed by atoms with van der Waals surface area (Å²) in [6.07, 6.45) is 0. The summed E-state index contributed by atoms with van der Waals surface area (Å²) in [6.45, 7) is 0. The van der Waals surface area contributed by atoms with E-state index in [0.717, 1.165) is 12.1 Å². The zero-order valence-corrected chi connectivity index (χ0v) is 9.84. The van der Waals surface area contributed by atoms with Gasteiger partial charge in [-0.1, -0.05) is 17.7 Å². The number of nitrogens with one attached hydrogen (secondary N) is 1. The molecule has 0 aromatic heterocycles. The van der Waals surface area contributed by atoms with E-state index in [0.29, 0.717) is 0 Å². The normalized spacial score (nSPS) is 10.2. The molecule has 0 spiro atoms. The molecule has 0 heterocycles. The predicted octanol–water partition coefficient (Wildman–Crippen LogP) is 3.87. The van der Waals surface area contributed by atoms with Crippen molar-refractivity contribution in [1.82, 2.24) is 0 Å². The third kappa shape index (κ3) is 2.65. The van der Waals surface area contributed by atoms with Gasteiger partial charge in [-0.25, -0.2) is 8.78 Å². The Hall–Kier alpha value is -1.94. The highest BCUT2D eigenvalue weighted by Gasteiger charge is 2.11. The van der Waals surface area contributed by atoms with Gasteiger partial charge in [0.25, 0.3) is 5.91 Å². The van der Waals surface area contributed by atoms with Crippen LogP contribution in [0.25, 0.3) is 0 Å². The minimum atomic E-state index is -0.699. The molecule has 2 aromatic rings. The molecule has 92 valence electrons. The molecule has 2 rings (SSSR count). The first-order valence-corrected chi connectivity index (χ1v) is 5.46. The van der Waals surface area contributed by atoms with Crippen LogP contribution in [0.1, 0.15) is 10.4 Å². The number of carbonyl (C=O) groups is 1. The third-order valence-corrected chi connectivity index (χ3v) is 2.60. The smallest absolute Gasteiger partial charge is 0.255 e. The second-order valence-corrected chi connectivity index (χ2v) is 3.97. The molecule has 0 bridgehead atoms. The van der Waals surface area contributed by atoms with Crippen LogP contribution >= 0.6 is 11.6 Å². The summed E-state index contributed by atoms with van der Waals surface area (Å²) < 4.78 is 26.2. The quantitative estimate of drug-likeness (QED) is 0.879. The Morgan fingerprint density at radius 3 is 2.39 bits per heavy atom. The Bertz CT molecular complexity index is 584. The van der Waals surface area contributed by atoms with Crippen molar-refractivity contribution in [3.63, 3.8) is 0 Å². The SMILES string of the molecule is O=C(Nc1cccc(Cl)c1F)c1ccc(F)cc1. The summed E-state index contributed by atoms with van der Waals surface area (Å²) in [7, 11) is 0. The van der Waals surface area contributed by atoms with Gasteiger partial charge in [-0.15, -0.1) is 0 Å². The largest absolute Gasteiger partial charge is 0.319 e. The van der Waals surface area contributed by atoms with Crippen LogP contribution in [-0.2, 0) is 0 Å². The molecule has 0 radical (unpaired) electrons. The molecule has 2 nitrogen and oxygen atoms in total. The van der Waals surface area contributed by atoms with Crippen LogP contribution in [0, 0.1) is 11.6 Å². The maximum Gasteiger partial charge on any atom is 0.255 e. The summed E-state index contributed by atoms with van der Waals surface area (Å²) in [5.74, 6) is -1.67. The van der Waals surface area contributed by atoms with Crippen molar-refractivity contribution in [2.75, 3.05) is 5.32 Å². The van der Waals surface area contributed by atoms with Crippen molar-refractivity contribution in [1.29, 1.82) is 0 Å². The number of hydrogen-bond acceptors (Lipinski definition) is 1. The van der Waals surface area contributed by atoms with E-state index in [4.69, 9.17) is 11.6 Å². The van der Waals surface area contributed by atoms with Crippen molar-refractivity contribution in [2.24, 2.45) is 0 Å². The summed E-state index contributed by atoms with van der Waals surface area (Å²) in [5.41, 5.74) is 0.215. The third-order valence-electron chi connectivity index (χ3n) is 2.31. The average Bonchev–Trinajstić information content (AvgIpc) is 2.36. The Kier molecular flexibility index (Phi) is 3.58. The van der Waals surface area contributed by atoms with Gasteiger partial charge in [0, 0.05) is 5.56 Å². The van der Waals surface area contributed by atoms with Crippen LogP contribution in [0.15, 0.2) is 42.5 Å². The molecule has 0 unspecified atom stereocenters. The van der Waals surface area contributed by atoms with Gasteiger partial charge >= 0.3 is 0 Å². The molecule has 1 amide bonds.